The summed E-state index contributed by atoms with van der Waals surface area (Å²) in [4.78, 5) is 13.0. The Kier molecular flexibility index (Phi) is 12.1. The van der Waals surface area contributed by atoms with Crippen LogP contribution >= 0.6 is 0 Å². The standard InChI is InChI=1S/C31H30FNO5.Na.H/c1-23-21-28(12-13-30(23)38-22-31(34)35)37-18-14-29(26-8-10-27(32)11-9-26)25-6-4-24(5-7-25)3-2-15-33-16-19-36-20-17-33;;/h4-14,21H,15-20,22H2,1H3,(H,34,35);;/b29-14+;;. The van der Waals surface area contributed by atoms with Crippen molar-refractivity contribution < 1.29 is 28.5 Å². The molecule has 1 fully saturated rings. The first-order chi connectivity index (χ1) is 18.5. The molecule has 0 unspecified atom stereocenters. The van der Waals surface area contributed by atoms with E-state index in [1.165, 1.54) is 12.1 Å². The first kappa shape index (κ1) is 30.4. The van der Waals surface area contributed by atoms with E-state index in [9.17, 15) is 9.18 Å². The Morgan fingerprint density at radius 2 is 1.69 bits per heavy atom. The molecule has 39 heavy (non-hydrogen) atoms. The number of halogens is 1. The molecular weight excluding hydrogens is 508 g/mol. The number of aryl methyl sites for hydroxylation is 1. The third kappa shape index (κ3) is 9.54. The zero-order valence-electron chi connectivity index (χ0n) is 21.3. The molecule has 3 aromatic carbocycles. The second kappa shape index (κ2) is 15.5. The van der Waals surface area contributed by atoms with Gasteiger partial charge in [0.15, 0.2) is 6.61 Å². The average molecular weight is 540 g/mol. The molecule has 1 aliphatic rings. The number of benzene rings is 3. The van der Waals surface area contributed by atoms with Crippen molar-refractivity contribution in [2.24, 2.45) is 0 Å². The summed E-state index contributed by atoms with van der Waals surface area (Å²) < 4.78 is 30.2. The zero-order chi connectivity index (χ0) is 26.7. The molecule has 3 aromatic rings. The number of carboxylic acid groups (broad SMARTS) is 1. The van der Waals surface area contributed by atoms with Crippen molar-refractivity contribution in [2.45, 2.75) is 6.92 Å². The Morgan fingerprint density at radius 1 is 1.03 bits per heavy atom. The topological polar surface area (TPSA) is 68.2 Å². The van der Waals surface area contributed by atoms with Crippen LogP contribution in [0.4, 0.5) is 4.39 Å². The van der Waals surface area contributed by atoms with E-state index in [0.717, 1.165) is 60.7 Å². The molecule has 8 heteroatoms. The van der Waals surface area contributed by atoms with Gasteiger partial charge in [0.1, 0.15) is 23.9 Å². The summed E-state index contributed by atoms with van der Waals surface area (Å²) in [6.45, 7) is 5.75. The van der Waals surface area contributed by atoms with Crippen LogP contribution in [0.25, 0.3) is 5.57 Å². The van der Waals surface area contributed by atoms with E-state index in [0.29, 0.717) is 11.5 Å². The maximum atomic E-state index is 13.6. The van der Waals surface area contributed by atoms with Crippen LogP contribution in [0.15, 0.2) is 72.8 Å². The molecule has 0 spiro atoms. The molecule has 0 bridgehead atoms. The van der Waals surface area contributed by atoms with Crippen LogP contribution in [0, 0.1) is 24.6 Å². The van der Waals surface area contributed by atoms with E-state index in [2.05, 4.69) is 16.7 Å². The summed E-state index contributed by atoms with van der Waals surface area (Å²) in [7, 11) is 0. The van der Waals surface area contributed by atoms with Crippen LogP contribution < -0.4 is 9.47 Å². The van der Waals surface area contributed by atoms with Crippen molar-refractivity contribution in [1.29, 1.82) is 0 Å². The molecule has 1 saturated heterocycles. The summed E-state index contributed by atoms with van der Waals surface area (Å²) >= 11 is 0. The molecule has 6 nitrogen and oxygen atoms in total. The van der Waals surface area contributed by atoms with Gasteiger partial charge in [-0.3, -0.25) is 4.90 Å². The summed E-state index contributed by atoms with van der Waals surface area (Å²) in [5.74, 6) is 6.26. The van der Waals surface area contributed by atoms with Crippen molar-refractivity contribution >= 4 is 41.1 Å². The van der Waals surface area contributed by atoms with Crippen LogP contribution in [0.1, 0.15) is 22.3 Å². The minimum absolute atomic E-state index is 0. The summed E-state index contributed by atoms with van der Waals surface area (Å²) in [6.07, 6.45) is 1.95. The summed E-state index contributed by atoms with van der Waals surface area (Å²) in [5.41, 5.74) is 4.45. The molecule has 1 aliphatic heterocycles. The van der Waals surface area contributed by atoms with Crippen LogP contribution in [-0.2, 0) is 9.53 Å². The summed E-state index contributed by atoms with van der Waals surface area (Å²) in [5, 5.41) is 8.80. The Hall–Kier alpha value is -3.12. The number of carbonyl (C=O) groups is 1. The SMILES string of the molecule is Cc1cc(OC/C=C(/c2ccc(F)cc2)c2ccc(C#CCN3CCOCC3)cc2)ccc1OCC(=O)O.[NaH]. The predicted molar refractivity (Wildman–Crippen MR) is 151 cm³/mol. The van der Waals surface area contributed by atoms with Crippen LogP contribution in [0.2, 0.25) is 0 Å². The van der Waals surface area contributed by atoms with Crippen molar-refractivity contribution in [3.05, 3.63) is 101 Å². The third-order valence-corrected chi connectivity index (χ3v) is 6.03. The number of hydrogen-bond donors (Lipinski definition) is 1. The van der Waals surface area contributed by atoms with Gasteiger partial charge >= 0.3 is 35.5 Å². The average Bonchev–Trinajstić information content (AvgIpc) is 2.92. The second-order valence-electron chi connectivity index (χ2n) is 8.81. The van der Waals surface area contributed by atoms with E-state index in [1.807, 2.05) is 37.3 Å². The van der Waals surface area contributed by atoms with E-state index >= 15 is 0 Å². The number of carboxylic acids is 1. The fourth-order valence-corrected chi connectivity index (χ4v) is 4.01. The molecule has 4 rings (SSSR count). The fraction of sp³-hybridized carbons (Fsp3) is 0.258. The van der Waals surface area contributed by atoms with Crippen LogP contribution in [-0.4, -0.2) is 91.6 Å². The van der Waals surface area contributed by atoms with Gasteiger partial charge in [-0.2, -0.15) is 0 Å². The van der Waals surface area contributed by atoms with E-state index < -0.39 is 12.6 Å². The monoisotopic (exact) mass is 539 g/mol. The second-order valence-corrected chi connectivity index (χ2v) is 8.81. The normalized spacial score (nSPS) is 13.5. The molecule has 0 amide bonds. The number of hydrogen-bond acceptors (Lipinski definition) is 5. The molecular formula is C31H31FNNaO5. The van der Waals surface area contributed by atoms with Gasteiger partial charge in [-0.1, -0.05) is 36.1 Å². The first-order valence-electron chi connectivity index (χ1n) is 12.4. The number of ether oxygens (including phenoxy) is 3. The van der Waals surface area contributed by atoms with Crippen molar-refractivity contribution in [3.63, 3.8) is 0 Å². The minimum atomic E-state index is -1.03. The van der Waals surface area contributed by atoms with E-state index in [1.54, 1.807) is 30.3 Å². The number of morpholine rings is 1. The molecule has 0 aromatic heterocycles. The van der Waals surface area contributed by atoms with Crippen molar-refractivity contribution in [2.75, 3.05) is 46.1 Å². The van der Waals surface area contributed by atoms with Crippen LogP contribution in [0.5, 0.6) is 11.5 Å². The molecule has 1 heterocycles. The third-order valence-electron chi connectivity index (χ3n) is 6.03. The van der Waals surface area contributed by atoms with Gasteiger partial charge in [0.05, 0.1) is 19.8 Å². The van der Waals surface area contributed by atoms with Gasteiger partial charge < -0.3 is 19.3 Å². The molecule has 198 valence electrons. The maximum absolute atomic E-state index is 13.6. The Labute approximate surface area is 250 Å². The van der Waals surface area contributed by atoms with Gasteiger partial charge in [0, 0.05) is 18.7 Å². The number of aliphatic carboxylic acids is 1. The zero-order valence-corrected chi connectivity index (χ0v) is 21.3. The van der Waals surface area contributed by atoms with Crippen molar-refractivity contribution in [3.8, 4) is 23.3 Å². The molecule has 0 aliphatic carbocycles. The van der Waals surface area contributed by atoms with E-state index in [4.69, 9.17) is 19.3 Å². The molecule has 0 atom stereocenters. The molecule has 0 saturated carbocycles. The van der Waals surface area contributed by atoms with Gasteiger partial charge in [-0.25, -0.2) is 9.18 Å². The van der Waals surface area contributed by atoms with Crippen molar-refractivity contribution in [1.82, 2.24) is 4.90 Å². The fourth-order valence-electron chi connectivity index (χ4n) is 4.01. The number of nitrogens with zero attached hydrogens (tertiary/aromatic N) is 1. The Balaban J connectivity index is 0.00000420. The number of rotatable bonds is 9. The Morgan fingerprint density at radius 3 is 2.33 bits per heavy atom. The van der Waals surface area contributed by atoms with Gasteiger partial charge in [0.2, 0.25) is 0 Å². The van der Waals surface area contributed by atoms with Gasteiger partial charge in [0.25, 0.3) is 0 Å². The van der Waals surface area contributed by atoms with Gasteiger partial charge in [-0.15, -0.1) is 0 Å². The summed E-state index contributed by atoms with van der Waals surface area (Å²) in [6, 6.07) is 19.6. The Bertz CT molecular complexity index is 1320. The van der Waals surface area contributed by atoms with E-state index in [-0.39, 0.29) is 42.0 Å². The first-order valence-corrected chi connectivity index (χ1v) is 12.4. The quantitative estimate of drug-likeness (QED) is 0.326. The predicted octanol–water partition coefficient (Wildman–Crippen LogP) is 4.14. The van der Waals surface area contributed by atoms with Gasteiger partial charge in [-0.05, 0) is 77.7 Å². The molecule has 1 N–H and O–H groups in total. The van der Waals surface area contributed by atoms with Crippen LogP contribution in [0.3, 0.4) is 0 Å². The molecule has 0 radical (unpaired) electrons.